The maximum atomic E-state index is 5.50. The molecule has 1 aromatic heterocycles. The highest BCUT2D eigenvalue weighted by Gasteiger charge is 2.30. The number of nitrogens with one attached hydrogen (secondary N) is 1. The van der Waals surface area contributed by atoms with Crippen molar-refractivity contribution >= 4 is 29.9 Å². The summed E-state index contributed by atoms with van der Waals surface area (Å²) in [6.45, 7) is 11.1. The molecule has 1 N–H and O–H groups in total. The van der Waals surface area contributed by atoms with Gasteiger partial charge < -0.3 is 24.1 Å². The van der Waals surface area contributed by atoms with E-state index in [0.29, 0.717) is 6.04 Å². The molecule has 2 aliphatic rings. The minimum absolute atomic E-state index is 0. The summed E-state index contributed by atoms with van der Waals surface area (Å²) in [5, 5.41) is 3.55. The largest absolute Gasteiger partial charge is 0.469 e. The van der Waals surface area contributed by atoms with E-state index in [0.717, 1.165) is 90.3 Å². The first kappa shape index (κ1) is 23.4. The van der Waals surface area contributed by atoms with E-state index in [1.165, 1.54) is 6.42 Å². The minimum Gasteiger partial charge on any atom is -0.469 e. The van der Waals surface area contributed by atoms with Gasteiger partial charge in [0.2, 0.25) is 0 Å². The van der Waals surface area contributed by atoms with Crippen LogP contribution < -0.4 is 5.32 Å². The molecule has 28 heavy (non-hydrogen) atoms. The number of furan rings is 1. The number of hydrogen-bond acceptors (Lipinski definition) is 5. The Morgan fingerprint density at radius 3 is 2.93 bits per heavy atom. The maximum Gasteiger partial charge on any atom is 0.193 e. The SMILES string of the molecule is CCOCCCN=C(NCCc1ccco1)N1CCC(N2CCOCC2)C1.I. The van der Waals surface area contributed by atoms with E-state index < -0.39 is 0 Å². The zero-order valence-corrected chi connectivity index (χ0v) is 19.3. The van der Waals surface area contributed by atoms with Crippen LogP contribution in [0.15, 0.2) is 27.8 Å². The molecule has 2 fully saturated rings. The molecule has 1 unspecified atom stereocenters. The molecule has 0 amide bonds. The third-order valence-electron chi connectivity index (χ3n) is 5.17. The van der Waals surface area contributed by atoms with E-state index in [9.17, 15) is 0 Å². The molecule has 8 heteroatoms. The second-order valence-electron chi connectivity index (χ2n) is 7.05. The molecule has 160 valence electrons. The Hall–Kier alpha value is -0.840. The Morgan fingerprint density at radius 2 is 2.18 bits per heavy atom. The Kier molecular flexibility index (Phi) is 11.2. The van der Waals surface area contributed by atoms with Crippen LogP contribution in [0.25, 0.3) is 0 Å². The first-order chi connectivity index (χ1) is 13.4. The average molecular weight is 506 g/mol. The van der Waals surface area contributed by atoms with Crippen LogP contribution in [0, 0.1) is 0 Å². The summed E-state index contributed by atoms with van der Waals surface area (Å²) in [4.78, 5) is 9.83. The first-order valence-electron chi connectivity index (χ1n) is 10.3. The Bertz CT molecular complexity index is 550. The van der Waals surface area contributed by atoms with Crippen molar-refractivity contribution in [2.75, 3.05) is 65.7 Å². The van der Waals surface area contributed by atoms with Gasteiger partial charge in [-0.1, -0.05) is 0 Å². The third kappa shape index (κ3) is 7.53. The molecule has 3 rings (SSSR count). The summed E-state index contributed by atoms with van der Waals surface area (Å²) in [6, 6.07) is 4.56. The minimum atomic E-state index is 0. The summed E-state index contributed by atoms with van der Waals surface area (Å²) in [7, 11) is 0. The lowest BCUT2D eigenvalue weighted by Crippen LogP contribution is -2.47. The highest BCUT2D eigenvalue weighted by atomic mass is 127. The van der Waals surface area contributed by atoms with Gasteiger partial charge in [-0.3, -0.25) is 9.89 Å². The van der Waals surface area contributed by atoms with Crippen LogP contribution in [0.4, 0.5) is 0 Å². The van der Waals surface area contributed by atoms with Crippen LogP contribution in [-0.4, -0.2) is 87.5 Å². The fourth-order valence-electron chi connectivity index (χ4n) is 3.69. The number of hydrogen-bond donors (Lipinski definition) is 1. The lowest BCUT2D eigenvalue weighted by molar-refractivity contribution is 0.0195. The number of rotatable bonds is 9. The molecule has 0 radical (unpaired) electrons. The molecule has 2 saturated heterocycles. The summed E-state index contributed by atoms with van der Waals surface area (Å²) in [6.07, 6.45) is 4.74. The van der Waals surface area contributed by atoms with Gasteiger partial charge in [-0.2, -0.15) is 0 Å². The number of nitrogens with zero attached hydrogens (tertiary/aromatic N) is 3. The van der Waals surface area contributed by atoms with Crippen molar-refractivity contribution < 1.29 is 13.9 Å². The predicted octanol–water partition coefficient (Wildman–Crippen LogP) is 2.22. The molecule has 3 heterocycles. The number of halogens is 1. The van der Waals surface area contributed by atoms with Crippen molar-refractivity contribution in [1.29, 1.82) is 0 Å². The van der Waals surface area contributed by atoms with Crippen molar-refractivity contribution in [3.8, 4) is 0 Å². The molecular weight excluding hydrogens is 471 g/mol. The summed E-state index contributed by atoms with van der Waals surface area (Å²) in [5.41, 5.74) is 0. The number of likely N-dealkylation sites (tertiary alicyclic amines) is 1. The first-order valence-corrected chi connectivity index (χ1v) is 10.3. The van der Waals surface area contributed by atoms with Gasteiger partial charge >= 0.3 is 0 Å². The van der Waals surface area contributed by atoms with Gasteiger partial charge in [0.1, 0.15) is 5.76 Å². The van der Waals surface area contributed by atoms with Crippen LogP contribution in [-0.2, 0) is 15.9 Å². The number of guanidine groups is 1. The van der Waals surface area contributed by atoms with E-state index in [1.807, 2.05) is 19.1 Å². The second kappa shape index (κ2) is 13.4. The van der Waals surface area contributed by atoms with Gasteiger partial charge in [0.15, 0.2) is 5.96 Å². The van der Waals surface area contributed by atoms with E-state index in [2.05, 4.69) is 15.1 Å². The zero-order chi connectivity index (χ0) is 18.7. The van der Waals surface area contributed by atoms with Gasteiger partial charge in [-0.15, -0.1) is 24.0 Å². The second-order valence-corrected chi connectivity index (χ2v) is 7.05. The van der Waals surface area contributed by atoms with E-state index in [1.54, 1.807) is 6.26 Å². The van der Waals surface area contributed by atoms with Gasteiger partial charge in [0.25, 0.3) is 0 Å². The number of aliphatic imine (C=N–C) groups is 1. The van der Waals surface area contributed by atoms with E-state index in [-0.39, 0.29) is 24.0 Å². The van der Waals surface area contributed by atoms with E-state index in [4.69, 9.17) is 18.9 Å². The maximum absolute atomic E-state index is 5.50. The van der Waals surface area contributed by atoms with Gasteiger partial charge in [-0.25, -0.2) is 0 Å². The Morgan fingerprint density at radius 1 is 1.32 bits per heavy atom. The lowest BCUT2D eigenvalue weighted by atomic mass is 10.2. The van der Waals surface area contributed by atoms with Gasteiger partial charge in [-0.05, 0) is 31.9 Å². The van der Waals surface area contributed by atoms with Crippen LogP contribution in [0.5, 0.6) is 0 Å². The highest BCUT2D eigenvalue weighted by Crippen LogP contribution is 2.17. The molecule has 0 aromatic carbocycles. The predicted molar refractivity (Wildman–Crippen MR) is 122 cm³/mol. The van der Waals surface area contributed by atoms with Crippen LogP contribution in [0.1, 0.15) is 25.5 Å². The Labute approximate surface area is 185 Å². The monoisotopic (exact) mass is 506 g/mol. The van der Waals surface area contributed by atoms with Crippen LogP contribution >= 0.6 is 24.0 Å². The molecule has 1 atom stereocenters. The standard InChI is InChI=1S/C20H34N4O3.HI/c1-2-25-13-4-8-21-20(22-9-6-19-5-3-14-27-19)24-10-7-18(17-24)23-11-15-26-16-12-23;/h3,5,14,18H,2,4,6-13,15-17H2,1H3,(H,21,22);1H. The molecule has 7 nitrogen and oxygen atoms in total. The van der Waals surface area contributed by atoms with Crippen molar-refractivity contribution in [1.82, 2.24) is 15.1 Å². The smallest absolute Gasteiger partial charge is 0.193 e. The van der Waals surface area contributed by atoms with Crippen molar-refractivity contribution in [2.45, 2.75) is 32.2 Å². The molecular formula is C20H35IN4O3. The van der Waals surface area contributed by atoms with Crippen molar-refractivity contribution in [2.24, 2.45) is 4.99 Å². The summed E-state index contributed by atoms with van der Waals surface area (Å²) >= 11 is 0. The van der Waals surface area contributed by atoms with Crippen LogP contribution in [0.3, 0.4) is 0 Å². The topological polar surface area (TPSA) is 62.5 Å². The van der Waals surface area contributed by atoms with E-state index >= 15 is 0 Å². The van der Waals surface area contributed by atoms with Crippen LogP contribution in [0.2, 0.25) is 0 Å². The molecule has 2 aliphatic heterocycles. The molecule has 0 saturated carbocycles. The normalized spacial score (nSPS) is 21.0. The molecule has 0 bridgehead atoms. The fourth-order valence-corrected chi connectivity index (χ4v) is 3.69. The molecule has 0 aliphatic carbocycles. The Balaban J connectivity index is 0.00000280. The molecule has 0 spiro atoms. The number of ether oxygens (including phenoxy) is 2. The summed E-state index contributed by atoms with van der Waals surface area (Å²) < 4.78 is 16.4. The highest BCUT2D eigenvalue weighted by molar-refractivity contribution is 14.0. The molecule has 1 aromatic rings. The van der Waals surface area contributed by atoms with Gasteiger partial charge in [0.05, 0.1) is 19.5 Å². The lowest BCUT2D eigenvalue weighted by Gasteiger charge is -2.32. The quantitative estimate of drug-likeness (QED) is 0.240. The van der Waals surface area contributed by atoms with Crippen molar-refractivity contribution in [3.63, 3.8) is 0 Å². The fraction of sp³-hybridized carbons (Fsp3) is 0.750. The third-order valence-corrected chi connectivity index (χ3v) is 5.17. The van der Waals surface area contributed by atoms with Gasteiger partial charge in [0, 0.05) is 64.9 Å². The zero-order valence-electron chi connectivity index (χ0n) is 17.0. The number of morpholine rings is 1. The van der Waals surface area contributed by atoms with Crippen molar-refractivity contribution in [3.05, 3.63) is 24.2 Å². The average Bonchev–Trinajstić information content (AvgIpc) is 3.39. The summed E-state index contributed by atoms with van der Waals surface area (Å²) in [5.74, 6) is 2.03.